The number of rotatable bonds is 39. The Labute approximate surface area is 299 Å². The van der Waals surface area contributed by atoms with Crippen LogP contribution in [0.5, 0.6) is 0 Å². The standard InChI is InChI=1S/C43H82O5/c1-4-7-10-13-16-17-18-19-20-21-22-23-24-25-26-27-29-30-33-36-42(44)47-40-41(39-46-38-35-32-15-12-9-6-3)48-43(45)37-34-31-28-14-11-8-5-2/h19-20,41H,4-18,21-40H2,1-3H3/b20-19-. The van der Waals surface area contributed by atoms with Crippen LogP contribution in [0.2, 0.25) is 0 Å². The average molecular weight is 679 g/mol. The fraction of sp³-hybridized carbons (Fsp3) is 0.907. The first-order valence-electron chi connectivity index (χ1n) is 21.2. The van der Waals surface area contributed by atoms with Gasteiger partial charge in [-0.1, -0.05) is 181 Å². The van der Waals surface area contributed by atoms with Gasteiger partial charge in [0.15, 0.2) is 6.10 Å². The van der Waals surface area contributed by atoms with Crippen molar-refractivity contribution in [2.45, 2.75) is 232 Å². The van der Waals surface area contributed by atoms with E-state index < -0.39 is 6.10 Å². The lowest BCUT2D eigenvalue weighted by atomic mass is 10.1. The number of hydrogen-bond acceptors (Lipinski definition) is 5. The minimum atomic E-state index is -0.521. The summed E-state index contributed by atoms with van der Waals surface area (Å²) in [5, 5.41) is 0. The average Bonchev–Trinajstić information content (AvgIpc) is 3.08. The molecule has 0 radical (unpaired) electrons. The molecule has 5 heteroatoms. The van der Waals surface area contributed by atoms with Crippen LogP contribution >= 0.6 is 0 Å². The fourth-order valence-corrected chi connectivity index (χ4v) is 6.09. The van der Waals surface area contributed by atoms with Gasteiger partial charge < -0.3 is 14.2 Å². The monoisotopic (exact) mass is 679 g/mol. The lowest BCUT2D eigenvalue weighted by molar-refractivity contribution is -0.163. The van der Waals surface area contributed by atoms with Crippen LogP contribution in [0.3, 0.4) is 0 Å². The second-order valence-electron chi connectivity index (χ2n) is 14.3. The van der Waals surface area contributed by atoms with Crippen molar-refractivity contribution < 1.29 is 23.8 Å². The molecular weight excluding hydrogens is 596 g/mol. The number of unbranched alkanes of at least 4 members (excludes halogenated alkanes) is 26. The first-order chi connectivity index (χ1) is 23.6. The molecule has 0 aromatic carbocycles. The van der Waals surface area contributed by atoms with E-state index in [9.17, 15) is 9.59 Å². The van der Waals surface area contributed by atoms with Gasteiger partial charge in [-0.3, -0.25) is 9.59 Å². The molecule has 0 aliphatic carbocycles. The van der Waals surface area contributed by atoms with Gasteiger partial charge in [0.2, 0.25) is 0 Å². The smallest absolute Gasteiger partial charge is 0.306 e. The molecule has 0 heterocycles. The number of esters is 2. The van der Waals surface area contributed by atoms with Crippen molar-refractivity contribution >= 4 is 11.9 Å². The van der Waals surface area contributed by atoms with Crippen molar-refractivity contribution in [2.75, 3.05) is 19.8 Å². The summed E-state index contributed by atoms with van der Waals surface area (Å²) >= 11 is 0. The molecule has 5 nitrogen and oxygen atoms in total. The maximum Gasteiger partial charge on any atom is 0.306 e. The minimum absolute atomic E-state index is 0.0903. The molecule has 0 saturated heterocycles. The molecule has 0 amide bonds. The molecule has 0 spiro atoms. The largest absolute Gasteiger partial charge is 0.462 e. The van der Waals surface area contributed by atoms with Gasteiger partial charge in [-0.15, -0.1) is 0 Å². The molecule has 1 atom stereocenters. The van der Waals surface area contributed by atoms with E-state index in [2.05, 4.69) is 32.9 Å². The molecule has 0 N–H and O–H groups in total. The fourth-order valence-electron chi connectivity index (χ4n) is 6.09. The molecule has 0 aliphatic heterocycles. The van der Waals surface area contributed by atoms with E-state index in [1.54, 1.807) is 0 Å². The zero-order valence-electron chi connectivity index (χ0n) is 32.5. The summed E-state index contributed by atoms with van der Waals surface area (Å²) in [6.45, 7) is 7.77. The van der Waals surface area contributed by atoms with Gasteiger partial charge in [-0.05, 0) is 44.9 Å². The molecule has 1 unspecified atom stereocenters. The number of carbonyl (C=O) groups is 2. The second-order valence-corrected chi connectivity index (χ2v) is 14.3. The lowest BCUT2D eigenvalue weighted by Crippen LogP contribution is -2.30. The normalized spacial score (nSPS) is 12.1. The molecule has 0 aromatic heterocycles. The van der Waals surface area contributed by atoms with Gasteiger partial charge >= 0.3 is 11.9 Å². The Kier molecular flexibility index (Phi) is 38.9. The van der Waals surface area contributed by atoms with E-state index in [4.69, 9.17) is 14.2 Å². The first kappa shape index (κ1) is 46.6. The number of allylic oxidation sites excluding steroid dienone is 2. The summed E-state index contributed by atoms with van der Waals surface area (Å²) in [6.07, 6.45) is 42.3. The molecule has 48 heavy (non-hydrogen) atoms. The van der Waals surface area contributed by atoms with Crippen molar-refractivity contribution in [3.8, 4) is 0 Å². The number of carbonyl (C=O) groups excluding carboxylic acids is 2. The highest BCUT2D eigenvalue weighted by Crippen LogP contribution is 2.14. The molecule has 0 aliphatic rings. The van der Waals surface area contributed by atoms with E-state index in [1.807, 2.05) is 0 Å². The topological polar surface area (TPSA) is 61.8 Å². The molecule has 284 valence electrons. The van der Waals surface area contributed by atoms with E-state index in [0.29, 0.717) is 26.1 Å². The van der Waals surface area contributed by atoms with Crippen LogP contribution in [0.25, 0.3) is 0 Å². The van der Waals surface area contributed by atoms with E-state index >= 15 is 0 Å². The highest BCUT2D eigenvalue weighted by Gasteiger charge is 2.17. The summed E-state index contributed by atoms with van der Waals surface area (Å²) in [5.74, 6) is -0.400. The summed E-state index contributed by atoms with van der Waals surface area (Å²) in [7, 11) is 0. The predicted octanol–water partition coefficient (Wildman–Crippen LogP) is 13.6. The third-order valence-corrected chi connectivity index (χ3v) is 9.30. The quantitative estimate of drug-likeness (QED) is 0.0368. The van der Waals surface area contributed by atoms with Crippen molar-refractivity contribution in [1.29, 1.82) is 0 Å². The van der Waals surface area contributed by atoms with Crippen LogP contribution in [0.1, 0.15) is 226 Å². The molecule has 0 bridgehead atoms. The van der Waals surface area contributed by atoms with Crippen LogP contribution in [0.15, 0.2) is 12.2 Å². The van der Waals surface area contributed by atoms with Crippen LogP contribution < -0.4 is 0 Å². The molecular formula is C43H82O5. The summed E-state index contributed by atoms with van der Waals surface area (Å²) in [4.78, 5) is 24.9. The third-order valence-electron chi connectivity index (χ3n) is 9.30. The minimum Gasteiger partial charge on any atom is -0.462 e. The predicted molar refractivity (Wildman–Crippen MR) is 206 cm³/mol. The van der Waals surface area contributed by atoms with Crippen LogP contribution in [-0.4, -0.2) is 37.9 Å². The highest BCUT2D eigenvalue weighted by atomic mass is 16.6. The molecule has 0 rings (SSSR count). The highest BCUT2D eigenvalue weighted by molar-refractivity contribution is 5.70. The Morgan fingerprint density at radius 3 is 1.27 bits per heavy atom. The lowest BCUT2D eigenvalue weighted by Gasteiger charge is -2.18. The van der Waals surface area contributed by atoms with E-state index in [1.165, 1.54) is 154 Å². The Morgan fingerprint density at radius 2 is 0.812 bits per heavy atom. The first-order valence-corrected chi connectivity index (χ1v) is 21.2. The van der Waals surface area contributed by atoms with Gasteiger partial charge in [0.1, 0.15) is 6.61 Å². The van der Waals surface area contributed by atoms with Crippen LogP contribution in [-0.2, 0) is 23.8 Å². The van der Waals surface area contributed by atoms with Crippen molar-refractivity contribution in [2.24, 2.45) is 0 Å². The zero-order valence-corrected chi connectivity index (χ0v) is 32.5. The Bertz CT molecular complexity index is 691. The number of hydrogen-bond donors (Lipinski definition) is 0. The van der Waals surface area contributed by atoms with Gasteiger partial charge in [0, 0.05) is 19.4 Å². The van der Waals surface area contributed by atoms with Crippen LogP contribution in [0, 0.1) is 0 Å². The second kappa shape index (κ2) is 40.1. The number of ether oxygens (including phenoxy) is 3. The van der Waals surface area contributed by atoms with E-state index in [-0.39, 0.29) is 18.5 Å². The molecule has 0 aromatic rings. The maximum absolute atomic E-state index is 12.5. The van der Waals surface area contributed by atoms with E-state index in [0.717, 1.165) is 38.5 Å². The van der Waals surface area contributed by atoms with Gasteiger partial charge in [-0.2, -0.15) is 0 Å². The Balaban J connectivity index is 3.96. The van der Waals surface area contributed by atoms with Gasteiger partial charge in [-0.25, -0.2) is 0 Å². The third kappa shape index (κ3) is 37.5. The van der Waals surface area contributed by atoms with Crippen molar-refractivity contribution in [3.63, 3.8) is 0 Å². The van der Waals surface area contributed by atoms with Gasteiger partial charge in [0.25, 0.3) is 0 Å². The maximum atomic E-state index is 12.5. The molecule has 0 saturated carbocycles. The molecule has 0 fully saturated rings. The van der Waals surface area contributed by atoms with Crippen molar-refractivity contribution in [3.05, 3.63) is 12.2 Å². The summed E-state index contributed by atoms with van der Waals surface area (Å²) in [6, 6.07) is 0. The summed E-state index contributed by atoms with van der Waals surface area (Å²) < 4.78 is 17.1. The van der Waals surface area contributed by atoms with Crippen LogP contribution in [0.4, 0.5) is 0 Å². The van der Waals surface area contributed by atoms with Crippen molar-refractivity contribution in [1.82, 2.24) is 0 Å². The summed E-state index contributed by atoms with van der Waals surface area (Å²) in [5.41, 5.74) is 0. The Hall–Kier alpha value is -1.36. The SMILES string of the molecule is CCCCCCCC/C=C\CCCCCCCCCCCC(=O)OCC(COCCCCCCCC)OC(=O)CCCCCCCCC. The zero-order chi connectivity index (χ0) is 35.0. The Morgan fingerprint density at radius 1 is 0.438 bits per heavy atom. The van der Waals surface area contributed by atoms with Gasteiger partial charge in [0.05, 0.1) is 6.61 Å².